The van der Waals surface area contributed by atoms with E-state index in [1.165, 1.54) is 17.5 Å². The Hall–Kier alpha value is -1.86. The SMILES string of the molecule is COc1ccc(/C=C/C(=O)NCC(C)C)cc1S(=O)(=O)N1CCCCC1. The quantitative estimate of drug-likeness (QED) is 0.738. The van der Waals surface area contributed by atoms with Crippen molar-refractivity contribution in [1.82, 2.24) is 9.62 Å². The Labute approximate surface area is 156 Å². The third kappa shape index (κ3) is 5.32. The number of nitrogens with zero attached hydrogens (tertiary/aromatic N) is 1. The summed E-state index contributed by atoms with van der Waals surface area (Å²) in [4.78, 5) is 12.0. The molecule has 1 aliphatic heterocycles. The van der Waals surface area contributed by atoms with Crippen LogP contribution in [0.5, 0.6) is 5.75 Å². The predicted molar refractivity (Wildman–Crippen MR) is 102 cm³/mol. The van der Waals surface area contributed by atoms with Crippen LogP contribution in [0.2, 0.25) is 0 Å². The molecular weight excluding hydrogens is 352 g/mol. The molecule has 1 aromatic rings. The van der Waals surface area contributed by atoms with Crippen LogP contribution in [0.4, 0.5) is 0 Å². The maximum atomic E-state index is 13.0. The number of ether oxygens (including phenoxy) is 1. The van der Waals surface area contributed by atoms with Crippen LogP contribution in [0, 0.1) is 5.92 Å². The zero-order valence-corrected chi connectivity index (χ0v) is 16.5. The molecule has 0 spiro atoms. The molecule has 0 saturated carbocycles. The minimum atomic E-state index is -3.61. The minimum Gasteiger partial charge on any atom is -0.495 e. The Morgan fingerprint density at radius 2 is 1.96 bits per heavy atom. The van der Waals surface area contributed by atoms with Gasteiger partial charge in [-0.25, -0.2) is 8.42 Å². The zero-order chi connectivity index (χ0) is 19.2. The molecule has 1 aliphatic rings. The molecule has 1 amide bonds. The third-order valence-corrected chi connectivity index (χ3v) is 6.15. The van der Waals surface area contributed by atoms with Crippen molar-refractivity contribution in [1.29, 1.82) is 0 Å². The van der Waals surface area contributed by atoms with E-state index >= 15 is 0 Å². The van der Waals surface area contributed by atoms with Gasteiger partial charge in [0.05, 0.1) is 7.11 Å². The van der Waals surface area contributed by atoms with Crippen molar-refractivity contribution in [2.75, 3.05) is 26.7 Å². The average molecular weight is 381 g/mol. The molecule has 0 bridgehead atoms. The van der Waals surface area contributed by atoms with Gasteiger partial charge in [-0.05, 0) is 42.5 Å². The molecule has 1 aromatic carbocycles. The van der Waals surface area contributed by atoms with E-state index in [9.17, 15) is 13.2 Å². The van der Waals surface area contributed by atoms with Crippen LogP contribution >= 0.6 is 0 Å². The number of sulfonamides is 1. The van der Waals surface area contributed by atoms with Crippen LogP contribution in [0.1, 0.15) is 38.7 Å². The van der Waals surface area contributed by atoms with Crippen LogP contribution in [-0.2, 0) is 14.8 Å². The van der Waals surface area contributed by atoms with Gasteiger partial charge in [0.25, 0.3) is 0 Å². The highest BCUT2D eigenvalue weighted by atomic mass is 32.2. The van der Waals surface area contributed by atoms with Gasteiger partial charge in [0.1, 0.15) is 10.6 Å². The highest BCUT2D eigenvalue weighted by Gasteiger charge is 2.28. The number of piperidine rings is 1. The van der Waals surface area contributed by atoms with Crippen molar-refractivity contribution in [2.24, 2.45) is 5.92 Å². The summed E-state index contributed by atoms with van der Waals surface area (Å²) >= 11 is 0. The van der Waals surface area contributed by atoms with E-state index in [2.05, 4.69) is 5.32 Å². The van der Waals surface area contributed by atoms with Gasteiger partial charge in [0, 0.05) is 25.7 Å². The Morgan fingerprint density at radius 3 is 2.58 bits per heavy atom. The van der Waals surface area contributed by atoms with E-state index < -0.39 is 10.0 Å². The van der Waals surface area contributed by atoms with Gasteiger partial charge in [0.2, 0.25) is 15.9 Å². The van der Waals surface area contributed by atoms with Gasteiger partial charge >= 0.3 is 0 Å². The molecule has 0 unspecified atom stereocenters. The largest absolute Gasteiger partial charge is 0.495 e. The molecule has 1 N–H and O–H groups in total. The summed E-state index contributed by atoms with van der Waals surface area (Å²) < 4.78 is 32.7. The van der Waals surface area contributed by atoms with E-state index in [0.717, 1.165) is 19.3 Å². The van der Waals surface area contributed by atoms with Crippen molar-refractivity contribution < 1.29 is 17.9 Å². The lowest BCUT2D eigenvalue weighted by atomic mass is 10.2. The third-order valence-electron chi connectivity index (χ3n) is 4.23. The van der Waals surface area contributed by atoms with Crippen molar-refractivity contribution >= 4 is 22.0 Å². The first kappa shape index (κ1) is 20.5. The van der Waals surface area contributed by atoms with Gasteiger partial charge in [-0.15, -0.1) is 0 Å². The lowest BCUT2D eigenvalue weighted by molar-refractivity contribution is -0.116. The van der Waals surface area contributed by atoms with Crippen molar-refractivity contribution in [2.45, 2.75) is 38.0 Å². The topological polar surface area (TPSA) is 75.7 Å². The minimum absolute atomic E-state index is 0.145. The van der Waals surface area contributed by atoms with E-state index in [-0.39, 0.29) is 10.8 Å². The van der Waals surface area contributed by atoms with Crippen LogP contribution in [0.15, 0.2) is 29.2 Å². The van der Waals surface area contributed by atoms with Crippen LogP contribution < -0.4 is 10.1 Å². The number of nitrogens with one attached hydrogen (secondary N) is 1. The molecule has 6 nitrogen and oxygen atoms in total. The summed E-state index contributed by atoms with van der Waals surface area (Å²) in [6.45, 7) is 5.70. The fourth-order valence-corrected chi connectivity index (χ4v) is 4.49. The molecule has 1 heterocycles. The normalized spacial score (nSPS) is 16.2. The molecule has 0 radical (unpaired) electrons. The Bertz CT molecular complexity index is 751. The Kier molecular flexibility index (Phi) is 7.23. The van der Waals surface area contributed by atoms with Gasteiger partial charge in [-0.3, -0.25) is 4.79 Å². The molecule has 144 valence electrons. The number of carbonyl (C=O) groups excluding carboxylic acids is 1. The van der Waals surface area contributed by atoms with Gasteiger partial charge in [-0.2, -0.15) is 4.31 Å². The second-order valence-electron chi connectivity index (χ2n) is 6.85. The molecular formula is C19H28N2O4S. The molecule has 2 rings (SSSR count). The molecule has 1 fully saturated rings. The molecule has 1 saturated heterocycles. The average Bonchev–Trinajstić information content (AvgIpc) is 2.65. The Balaban J connectivity index is 2.24. The monoisotopic (exact) mass is 380 g/mol. The fourth-order valence-electron chi connectivity index (χ4n) is 2.78. The van der Waals surface area contributed by atoms with Crippen LogP contribution in [0.25, 0.3) is 6.08 Å². The highest BCUT2D eigenvalue weighted by molar-refractivity contribution is 7.89. The van der Waals surface area contributed by atoms with E-state index in [1.54, 1.807) is 24.3 Å². The molecule has 0 aromatic heterocycles. The highest BCUT2D eigenvalue weighted by Crippen LogP contribution is 2.29. The lowest BCUT2D eigenvalue weighted by Crippen LogP contribution is -2.35. The molecule has 7 heteroatoms. The summed E-state index contributed by atoms with van der Waals surface area (Å²) in [5.74, 6) is 0.488. The first-order valence-corrected chi connectivity index (χ1v) is 10.4. The van der Waals surface area contributed by atoms with Gasteiger partial charge in [0.15, 0.2) is 0 Å². The first-order valence-electron chi connectivity index (χ1n) is 8.98. The first-order chi connectivity index (χ1) is 12.3. The number of rotatable bonds is 7. The van der Waals surface area contributed by atoms with E-state index in [4.69, 9.17) is 4.74 Å². The second-order valence-corrected chi connectivity index (χ2v) is 8.75. The molecule has 0 aliphatic carbocycles. The summed E-state index contributed by atoms with van der Waals surface area (Å²) in [6, 6.07) is 4.93. The van der Waals surface area contributed by atoms with Crippen molar-refractivity contribution in [3.8, 4) is 5.75 Å². The lowest BCUT2D eigenvalue weighted by Gasteiger charge is -2.26. The zero-order valence-electron chi connectivity index (χ0n) is 15.7. The summed E-state index contributed by atoms with van der Waals surface area (Å²) in [5, 5.41) is 2.79. The fraction of sp³-hybridized carbons (Fsp3) is 0.526. The molecule has 0 atom stereocenters. The van der Waals surface area contributed by atoms with E-state index in [1.807, 2.05) is 13.8 Å². The number of carbonyl (C=O) groups is 1. The van der Waals surface area contributed by atoms with Gasteiger partial charge < -0.3 is 10.1 Å². The standard InChI is InChI=1S/C19H28N2O4S/c1-15(2)14-20-19(22)10-8-16-7-9-17(25-3)18(13-16)26(23,24)21-11-5-4-6-12-21/h7-10,13,15H,4-6,11-12,14H2,1-3H3,(H,20,22)/b10-8+. The summed E-state index contributed by atoms with van der Waals surface area (Å²) in [6.07, 6.45) is 5.83. The number of amides is 1. The van der Waals surface area contributed by atoms with Gasteiger partial charge in [-0.1, -0.05) is 26.3 Å². The Morgan fingerprint density at radius 1 is 1.27 bits per heavy atom. The number of hydrogen-bond acceptors (Lipinski definition) is 4. The van der Waals surface area contributed by atoms with Crippen LogP contribution in [-0.4, -0.2) is 45.4 Å². The van der Waals surface area contributed by atoms with Crippen LogP contribution in [0.3, 0.4) is 0 Å². The maximum absolute atomic E-state index is 13.0. The molecule has 26 heavy (non-hydrogen) atoms. The van der Waals surface area contributed by atoms with Crippen molar-refractivity contribution in [3.63, 3.8) is 0 Å². The van der Waals surface area contributed by atoms with Crippen molar-refractivity contribution in [3.05, 3.63) is 29.8 Å². The second kappa shape index (κ2) is 9.19. The predicted octanol–water partition coefficient (Wildman–Crippen LogP) is 2.66. The number of hydrogen-bond donors (Lipinski definition) is 1. The number of benzene rings is 1. The van der Waals surface area contributed by atoms with E-state index in [0.29, 0.717) is 36.9 Å². The summed E-state index contributed by atoms with van der Waals surface area (Å²) in [5.41, 5.74) is 0.640. The smallest absolute Gasteiger partial charge is 0.246 e. The summed E-state index contributed by atoms with van der Waals surface area (Å²) in [7, 11) is -2.16. The number of methoxy groups -OCH3 is 1. The maximum Gasteiger partial charge on any atom is 0.246 e.